The first-order valence-electron chi connectivity index (χ1n) is 16.0. The minimum absolute atomic E-state index is 0.112. The second kappa shape index (κ2) is 13.1. The molecule has 226 valence electrons. The van der Waals surface area contributed by atoms with Crippen molar-refractivity contribution in [2.45, 2.75) is 84.3 Å². The van der Waals surface area contributed by atoms with Crippen molar-refractivity contribution in [3.63, 3.8) is 0 Å². The number of anilines is 1. The van der Waals surface area contributed by atoms with Crippen LogP contribution in [0.5, 0.6) is 0 Å². The first-order chi connectivity index (χ1) is 20.5. The van der Waals surface area contributed by atoms with Crippen molar-refractivity contribution in [1.82, 2.24) is 29.9 Å². The maximum Gasteiger partial charge on any atom is 0.237 e. The first kappa shape index (κ1) is 29.1. The molecule has 0 bridgehead atoms. The molecule has 1 aromatic carbocycles. The van der Waals surface area contributed by atoms with Crippen LogP contribution in [0.4, 0.5) is 5.69 Å². The van der Waals surface area contributed by atoms with Crippen LogP contribution in [0.15, 0.2) is 30.3 Å². The Hall–Kier alpha value is -3.01. The lowest BCUT2D eigenvalue weighted by atomic mass is 9.85. The number of rotatable bonds is 8. The minimum atomic E-state index is 0.112. The van der Waals surface area contributed by atoms with Crippen LogP contribution in [0.1, 0.15) is 68.1 Å². The average Bonchev–Trinajstić information content (AvgIpc) is 3.36. The summed E-state index contributed by atoms with van der Waals surface area (Å²) in [7, 11) is 0. The van der Waals surface area contributed by atoms with Gasteiger partial charge in [-0.05, 0) is 81.7 Å². The number of ether oxygens (including phenoxy) is 1. The van der Waals surface area contributed by atoms with Gasteiger partial charge in [-0.15, -0.1) is 0 Å². The van der Waals surface area contributed by atoms with Crippen LogP contribution in [-0.4, -0.2) is 81.8 Å². The van der Waals surface area contributed by atoms with Gasteiger partial charge in [-0.25, -0.2) is 15.0 Å². The van der Waals surface area contributed by atoms with Gasteiger partial charge in [0.2, 0.25) is 5.91 Å². The standard InChI is InChI=1S/C33H47N7O2/c1-4-30-36-31-23(2)21-24(3)34-32(31)40(30)22-25-5-9-27(10-6-25)35-28-11-7-26(8-12-28)33(41)37-39-15-13-29(14-16-39)38-17-19-42-20-18-38/h5-6,9-10,21,26,28-29,35H,4,7-8,11-20,22H2,1-3H3,(H,37,41). The molecule has 0 radical (unpaired) electrons. The number of hydrogen-bond acceptors (Lipinski definition) is 7. The number of hydrazine groups is 1. The second-order valence-corrected chi connectivity index (χ2v) is 12.5. The molecule has 2 aliphatic heterocycles. The summed E-state index contributed by atoms with van der Waals surface area (Å²) in [5.74, 6) is 1.40. The highest BCUT2D eigenvalue weighted by molar-refractivity contribution is 5.78. The Labute approximate surface area is 250 Å². The summed E-state index contributed by atoms with van der Waals surface area (Å²) in [5, 5.41) is 5.88. The zero-order valence-electron chi connectivity index (χ0n) is 25.6. The Morgan fingerprint density at radius 3 is 2.36 bits per heavy atom. The summed E-state index contributed by atoms with van der Waals surface area (Å²) in [5.41, 5.74) is 9.82. The Kier molecular flexibility index (Phi) is 9.07. The van der Waals surface area contributed by atoms with Crippen molar-refractivity contribution < 1.29 is 9.53 Å². The molecule has 2 aromatic heterocycles. The van der Waals surface area contributed by atoms with Gasteiger partial charge in [-0.3, -0.25) is 15.1 Å². The first-order valence-corrected chi connectivity index (χ1v) is 16.0. The lowest BCUT2D eigenvalue weighted by Gasteiger charge is -2.40. The summed E-state index contributed by atoms with van der Waals surface area (Å²) in [4.78, 5) is 25.3. The summed E-state index contributed by atoms with van der Waals surface area (Å²) < 4.78 is 7.76. The fourth-order valence-electron chi connectivity index (χ4n) is 7.04. The number of benzene rings is 1. The number of nitrogens with one attached hydrogen (secondary N) is 2. The molecule has 1 saturated carbocycles. The highest BCUT2D eigenvalue weighted by Gasteiger charge is 2.30. The lowest BCUT2D eigenvalue weighted by Crippen LogP contribution is -2.54. The number of carbonyl (C=O) groups is 1. The predicted octanol–water partition coefficient (Wildman–Crippen LogP) is 4.46. The van der Waals surface area contributed by atoms with Crippen LogP contribution in [0.25, 0.3) is 11.2 Å². The molecular weight excluding hydrogens is 526 g/mol. The van der Waals surface area contributed by atoms with E-state index in [2.05, 4.69) is 69.4 Å². The number of hydrogen-bond donors (Lipinski definition) is 2. The zero-order valence-corrected chi connectivity index (χ0v) is 25.6. The largest absolute Gasteiger partial charge is 0.382 e. The van der Waals surface area contributed by atoms with E-state index in [0.717, 1.165) is 119 Å². The Morgan fingerprint density at radius 1 is 0.952 bits per heavy atom. The molecule has 42 heavy (non-hydrogen) atoms. The number of carbonyl (C=O) groups excluding carboxylic acids is 1. The summed E-state index contributed by atoms with van der Waals surface area (Å²) in [6, 6.07) is 11.9. The van der Waals surface area contributed by atoms with Crippen LogP contribution in [0.2, 0.25) is 0 Å². The third-order valence-electron chi connectivity index (χ3n) is 9.48. The lowest BCUT2D eigenvalue weighted by molar-refractivity contribution is -0.132. The van der Waals surface area contributed by atoms with Crippen LogP contribution in [0, 0.1) is 19.8 Å². The number of morpholine rings is 1. The van der Waals surface area contributed by atoms with Gasteiger partial charge in [0.15, 0.2) is 5.65 Å². The van der Waals surface area contributed by atoms with E-state index in [1.54, 1.807) is 0 Å². The number of aromatic nitrogens is 3. The molecule has 0 unspecified atom stereocenters. The molecule has 3 aliphatic rings. The smallest absolute Gasteiger partial charge is 0.237 e. The quantitative estimate of drug-likeness (QED) is 0.412. The molecule has 1 aliphatic carbocycles. The van der Waals surface area contributed by atoms with Gasteiger partial charge in [0.1, 0.15) is 11.3 Å². The van der Waals surface area contributed by atoms with Crippen molar-refractivity contribution in [2.75, 3.05) is 44.7 Å². The number of pyridine rings is 1. The van der Waals surface area contributed by atoms with E-state index in [1.165, 1.54) is 11.1 Å². The maximum atomic E-state index is 13.0. The van der Waals surface area contributed by atoms with E-state index in [9.17, 15) is 4.79 Å². The minimum Gasteiger partial charge on any atom is -0.382 e. The number of nitrogens with zero attached hydrogens (tertiary/aromatic N) is 5. The summed E-state index contributed by atoms with van der Waals surface area (Å²) in [6.07, 6.45) is 7.02. The van der Waals surface area contributed by atoms with E-state index >= 15 is 0 Å². The molecule has 6 rings (SSSR count). The van der Waals surface area contributed by atoms with Crippen LogP contribution >= 0.6 is 0 Å². The maximum absolute atomic E-state index is 13.0. The van der Waals surface area contributed by atoms with E-state index in [-0.39, 0.29) is 11.8 Å². The highest BCUT2D eigenvalue weighted by Crippen LogP contribution is 2.28. The van der Waals surface area contributed by atoms with Gasteiger partial charge in [0.25, 0.3) is 0 Å². The van der Waals surface area contributed by atoms with E-state index in [4.69, 9.17) is 14.7 Å². The second-order valence-electron chi connectivity index (χ2n) is 12.5. The van der Waals surface area contributed by atoms with Crippen molar-refractivity contribution >= 4 is 22.8 Å². The fourth-order valence-corrected chi connectivity index (χ4v) is 7.04. The molecule has 9 heteroatoms. The van der Waals surface area contributed by atoms with E-state index in [0.29, 0.717) is 12.1 Å². The van der Waals surface area contributed by atoms with Gasteiger partial charge < -0.3 is 14.6 Å². The number of amides is 1. The molecule has 4 heterocycles. The molecule has 2 N–H and O–H groups in total. The van der Waals surface area contributed by atoms with Crippen molar-refractivity contribution in [2.24, 2.45) is 5.92 Å². The molecule has 9 nitrogen and oxygen atoms in total. The number of aryl methyl sites for hydroxylation is 3. The Balaban J connectivity index is 0.964. The van der Waals surface area contributed by atoms with Crippen molar-refractivity contribution in [1.29, 1.82) is 0 Å². The third kappa shape index (κ3) is 6.63. The molecule has 0 atom stereocenters. The van der Waals surface area contributed by atoms with Crippen molar-refractivity contribution in [3.05, 3.63) is 53.0 Å². The van der Waals surface area contributed by atoms with Gasteiger partial charge in [0, 0.05) is 62.0 Å². The topological polar surface area (TPSA) is 87.5 Å². The molecular formula is C33H47N7O2. The highest BCUT2D eigenvalue weighted by atomic mass is 16.5. The van der Waals surface area contributed by atoms with Gasteiger partial charge >= 0.3 is 0 Å². The molecule has 0 spiro atoms. The van der Waals surface area contributed by atoms with Crippen LogP contribution in [0.3, 0.4) is 0 Å². The van der Waals surface area contributed by atoms with Crippen molar-refractivity contribution in [3.8, 4) is 0 Å². The Bertz CT molecular complexity index is 1350. The number of fused-ring (bicyclic) bond motifs is 1. The average molecular weight is 574 g/mol. The SMILES string of the molecule is CCc1nc2c(C)cc(C)nc2n1Cc1ccc(NC2CCC(C(=O)NN3CCC(N4CCOCC4)CC3)CC2)cc1. The van der Waals surface area contributed by atoms with Crippen LogP contribution < -0.4 is 10.7 Å². The van der Waals surface area contributed by atoms with Gasteiger partial charge in [-0.1, -0.05) is 19.1 Å². The Morgan fingerprint density at radius 2 is 1.67 bits per heavy atom. The normalized spacial score (nSPS) is 22.8. The molecule has 3 fully saturated rings. The molecule has 2 saturated heterocycles. The van der Waals surface area contributed by atoms with Gasteiger partial charge in [0.05, 0.1) is 19.8 Å². The van der Waals surface area contributed by atoms with Crippen LogP contribution in [-0.2, 0) is 22.5 Å². The third-order valence-corrected chi connectivity index (χ3v) is 9.48. The van der Waals surface area contributed by atoms with E-state index < -0.39 is 0 Å². The zero-order chi connectivity index (χ0) is 29.1. The monoisotopic (exact) mass is 573 g/mol. The molecule has 3 aromatic rings. The molecule has 1 amide bonds. The number of piperidine rings is 1. The number of imidazole rings is 1. The fraction of sp³-hybridized carbons (Fsp3) is 0.606. The summed E-state index contributed by atoms with van der Waals surface area (Å²) >= 11 is 0. The summed E-state index contributed by atoms with van der Waals surface area (Å²) in [6.45, 7) is 12.7. The predicted molar refractivity (Wildman–Crippen MR) is 166 cm³/mol. The van der Waals surface area contributed by atoms with Gasteiger partial charge in [-0.2, -0.15) is 0 Å². The van der Waals surface area contributed by atoms with E-state index in [1.807, 2.05) is 6.92 Å².